The molecule has 0 aromatic heterocycles. The number of ether oxygens (including phenoxy) is 1. The fourth-order valence-corrected chi connectivity index (χ4v) is 3.36. The first-order valence-electron chi connectivity index (χ1n) is 7.46. The monoisotopic (exact) mass is 276 g/mol. The fraction of sp³-hybridized carbons (Fsp3) is 0.588. The van der Waals surface area contributed by atoms with E-state index in [2.05, 4.69) is 6.92 Å². The van der Waals surface area contributed by atoms with Gasteiger partial charge in [-0.25, -0.2) is 0 Å². The van der Waals surface area contributed by atoms with Crippen LogP contribution in [0.2, 0.25) is 0 Å². The number of benzene rings is 1. The van der Waals surface area contributed by atoms with Gasteiger partial charge >= 0.3 is 5.97 Å². The molecule has 1 aliphatic carbocycles. The minimum absolute atomic E-state index is 0.273. The zero-order valence-electron chi connectivity index (χ0n) is 12.3. The lowest BCUT2D eigenvalue weighted by molar-refractivity contribution is -0.144. The van der Waals surface area contributed by atoms with Gasteiger partial charge in [0.2, 0.25) is 0 Å². The van der Waals surface area contributed by atoms with Crippen molar-refractivity contribution in [1.29, 1.82) is 0 Å². The summed E-state index contributed by atoms with van der Waals surface area (Å²) in [6.45, 7) is 2.23. The van der Waals surface area contributed by atoms with E-state index in [1.807, 2.05) is 24.3 Å². The molecule has 0 amide bonds. The van der Waals surface area contributed by atoms with Crippen LogP contribution in [0.3, 0.4) is 0 Å². The molecule has 20 heavy (non-hydrogen) atoms. The molecule has 0 radical (unpaired) electrons. The van der Waals surface area contributed by atoms with Crippen LogP contribution in [0.25, 0.3) is 0 Å². The summed E-state index contributed by atoms with van der Waals surface area (Å²) in [5.41, 5.74) is 1.05. The Hall–Kier alpha value is -1.51. The highest BCUT2D eigenvalue weighted by atomic mass is 16.5. The average molecular weight is 276 g/mol. The molecule has 3 unspecified atom stereocenters. The Morgan fingerprint density at radius 3 is 2.90 bits per heavy atom. The Kier molecular flexibility index (Phi) is 5.05. The van der Waals surface area contributed by atoms with Crippen LogP contribution in [-0.4, -0.2) is 18.2 Å². The van der Waals surface area contributed by atoms with Crippen molar-refractivity contribution in [3.05, 3.63) is 29.8 Å². The smallest absolute Gasteiger partial charge is 0.307 e. The Bertz CT molecular complexity index is 455. The number of rotatable bonds is 5. The zero-order valence-corrected chi connectivity index (χ0v) is 12.3. The summed E-state index contributed by atoms with van der Waals surface area (Å²) in [7, 11) is 1.64. The van der Waals surface area contributed by atoms with Crippen LogP contribution in [0, 0.1) is 17.8 Å². The van der Waals surface area contributed by atoms with Crippen LogP contribution in [-0.2, 0) is 11.2 Å². The van der Waals surface area contributed by atoms with Gasteiger partial charge in [0.15, 0.2) is 0 Å². The van der Waals surface area contributed by atoms with Crippen LogP contribution < -0.4 is 4.74 Å². The SMILES string of the molecule is COc1cccc(CC(C(=O)O)C2CCCC(C)C2)c1. The number of methoxy groups -OCH3 is 1. The lowest BCUT2D eigenvalue weighted by Crippen LogP contribution is -2.29. The van der Waals surface area contributed by atoms with E-state index in [-0.39, 0.29) is 5.92 Å². The van der Waals surface area contributed by atoms with Gasteiger partial charge in [-0.1, -0.05) is 31.9 Å². The highest BCUT2D eigenvalue weighted by molar-refractivity contribution is 5.70. The maximum Gasteiger partial charge on any atom is 0.307 e. The standard InChI is InChI=1S/C17H24O3/c1-12-5-3-7-14(9-12)16(17(18)19)11-13-6-4-8-15(10-13)20-2/h4,6,8,10,12,14,16H,3,5,7,9,11H2,1-2H3,(H,18,19). The van der Waals surface area contributed by atoms with Crippen molar-refractivity contribution >= 4 is 5.97 Å². The van der Waals surface area contributed by atoms with Gasteiger partial charge in [-0.05, 0) is 48.8 Å². The van der Waals surface area contributed by atoms with Gasteiger partial charge in [-0.3, -0.25) is 4.79 Å². The molecule has 1 fully saturated rings. The molecule has 0 saturated heterocycles. The highest BCUT2D eigenvalue weighted by Gasteiger charge is 2.31. The summed E-state index contributed by atoms with van der Waals surface area (Å²) in [5.74, 6) is 0.823. The second-order valence-electron chi connectivity index (χ2n) is 6.03. The van der Waals surface area contributed by atoms with Gasteiger partial charge < -0.3 is 9.84 Å². The lowest BCUT2D eigenvalue weighted by atomic mass is 9.74. The first-order valence-corrected chi connectivity index (χ1v) is 7.46. The predicted octanol–water partition coefficient (Wildman–Crippen LogP) is 3.76. The third-order valence-electron chi connectivity index (χ3n) is 4.45. The number of aliphatic carboxylic acids is 1. The molecule has 0 spiro atoms. The van der Waals surface area contributed by atoms with Gasteiger partial charge in [0.05, 0.1) is 13.0 Å². The molecule has 0 heterocycles. The molecule has 3 nitrogen and oxygen atoms in total. The van der Waals surface area contributed by atoms with Crippen LogP contribution in [0.5, 0.6) is 5.75 Å². The molecule has 1 aromatic rings. The van der Waals surface area contributed by atoms with Crippen LogP contribution in [0.4, 0.5) is 0 Å². The van der Waals surface area contributed by atoms with E-state index in [1.165, 1.54) is 6.42 Å². The van der Waals surface area contributed by atoms with E-state index >= 15 is 0 Å². The summed E-state index contributed by atoms with van der Waals surface area (Å²) >= 11 is 0. The quantitative estimate of drug-likeness (QED) is 0.890. The fourth-order valence-electron chi connectivity index (χ4n) is 3.36. The first kappa shape index (κ1) is 14.9. The largest absolute Gasteiger partial charge is 0.497 e. The van der Waals surface area contributed by atoms with E-state index in [9.17, 15) is 9.90 Å². The molecule has 1 saturated carbocycles. The molecule has 0 bridgehead atoms. The lowest BCUT2D eigenvalue weighted by Gasteiger charge is -2.31. The Labute approximate surface area is 121 Å². The number of carboxylic acids is 1. The van der Waals surface area contributed by atoms with Gasteiger partial charge in [-0.15, -0.1) is 0 Å². The van der Waals surface area contributed by atoms with E-state index in [0.717, 1.165) is 30.6 Å². The third-order valence-corrected chi connectivity index (χ3v) is 4.45. The highest BCUT2D eigenvalue weighted by Crippen LogP contribution is 2.35. The van der Waals surface area contributed by atoms with Crippen molar-refractivity contribution in [3.63, 3.8) is 0 Å². The third kappa shape index (κ3) is 3.75. The summed E-state index contributed by atoms with van der Waals surface area (Å²) in [6, 6.07) is 7.76. The first-order chi connectivity index (χ1) is 9.60. The number of carboxylic acid groups (broad SMARTS) is 1. The van der Waals surface area contributed by atoms with Crippen LogP contribution >= 0.6 is 0 Å². The second kappa shape index (κ2) is 6.78. The van der Waals surface area contributed by atoms with Crippen molar-refractivity contribution in [1.82, 2.24) is 0 Å². The molecule has 0 aliphatic heterocycles. The number of hydrogen-bond donors (Lipinski definition) is 1. The van der Waals surface area contributed by atoms with Crippen molar-refractivity contribution < 1.29 is 14.6 Å². The zero-order chi connectivity index (χ0) is 14.5. The van der Waals surface area contributed by atoms with Crippen LogP contribution in [0.1, 0.15) is 38.2 Å². The van der Waals surface area contributed by atoms with Crippen molar-refractivity contribution in [3.8, 4) is 5.75 Å². The Balaban J connectivity index is 2.10. The minimum atomic E-state index is -0.660. The van der Waals surface area contributed by atoms with E-state index in [1.54, 1.807) is 7.11 Å². The summed E-state index contributed by atoms with van der Waals surface area (Å²) < 4.78 is 5.21. The maximum absolute atomic E-state index is 11.6. The van der Waals surface area contributed by atoms with Crippen molar-refractivity contribution in [2.75, 3.05) is 7.11 Å². The second-order valence-corrected chi connectivity index (χ2v) is 6.03. The Morgan fingerprint density at radius 1 is 1.45 bits per heavy atom. The molecule has 3 heteroatoms. The molecule has 1 N–H and O–H groups in total. The van der Waals surface area contributed by atoms with E-state index < -0.39 is 5.97 Å². The van der Waals surface area contributed by atoms with Crippen molar-refractivity contribution in [2.45, 2.75) is 39.0 Å². The summed E-state index contributed by atoms with van der Waals surface area (Å²) in [5, 5.41) is 9.57. The summed E-state index contributed by atoms with van der Waals surface area (Å²) in [6.07, 6.45) is 5.09. The topological polar surface area (TPSA) is 46.5 Å². The van der Waals surface area contributed by atoms with Crippen LogP contribution in [0.15, 0.2) is 24.3 Å². The number of carbonyl (C=O) groups is 1. The molecule has 1 aromatic carbocycles. The van der Waals surface area contributed by atoms with Gasteiger partial charge in [0.1, 0.15) is 5.75 Å². The Morgan fingerprint density at radius 2 is 2.25 bits per heavy atom. The predicted molar refractivity (Wildman–Crippen MR) is 78.9 cm³/mol. The number of hydrogen-bond acceptors (Lipinski definition) is 2. The van der Waals surface area contributed by atoms with E-state index in [4.69, 9.17) is 4.74 Å². The molecule has 3 atom stereocenters. The molecule has 2 rings (SSSR count). The van der Waals surface area contributed by atoms with Gasteiger partial charge in [0, 0.05) is 0 Å². The normalized spacial score (nSPS) is 24.1. The minimum Gasteiger partial charge on any atom is -0.497 e. The summed E-state index contributed by atoms with van der Waals surface area (Å²) in [4.78, 5) is 11.6. The molecular weight excluding hydrogens is 252 g/mol. The van der Waals surface area contributed by atoms with Gasteiger partial charge in [0.25, 0.3) is 0 Å². The average Bonchev–Trinajstić information content (AvgIpc) is 2.44. The molecular formula is C17H24O3. The van der Waals surface area contributed by atoms with Crippen molar-refractivity contribution in [2.24, 2.45) is 17.8 Å². The molecule has 110 valence electrons. The molecule has 1 aliphatic rings. The van der Waals surface area contributed by atoms with Gasteiger partial charge in [-0.2, -0.15) is 0 Å². The maximum atomic E-state index is 11.6. The van der Waals surface area contributed by atoms with E-state index in [0.29, 0.717) is 18.3 Å².